The fourth-order valence-electron chi connectivity index (χ4n) is 3.19. The van der Waals surface area contributed by atoms with Gasteiger partial charge >= 0.3 is 0 Å². The van der Waals surface area contributed by atoms with Gasteiger partial charge < -0.3 is 10.2 Å². The minimum Gasteiger partial charge on any atom is -0.353 e. The van der Waals surface area contributed by atoms with E-state index in [0.29, 0.717) is 24.8 Å². The van der Waals surface area contributed by atoms with Crippen LogP contribution in [0.4, 0.5) is 0 Å². The maximum Gasteiger partial charge on any atom is 0.220 e. The summed E-state index contributed by atoms with van der Waals surface area (Å²) in [6.45, 7) is 4.27. The van der Waals surface area contributed by atoms with Crippen LogP contribution in [0, 0.1) is 5.92 Å². The van der Waals surface area contributed by atoms with E-state index in [1.807, 2.05) is 30.3 Å². The summed E-state index contributed by atoms with van der Waals surface area (Å²) in [7, 11) is 2.12. The molecule has 0 saturated carbocycles. The Morgan fingerprint density at radius 2 is 1.87 bits per heavy atom. The molecule has 0 aliphatic carbocycles. The quantitative estimate of drug-likeness (QED) is 0.621. The first kappa shape index (κ1) is 17.7. The summed E-state index contributed by atoms with van der Waals surface area (Å²) in [6.07, 6.45) is 3.59. The lowest BCUT2D eigenvalue weighted by molar-refractivity contribution is -0.122. The molecule has 0 radical (unpaired) electrons. The van der Waals surface area contributed by atoms with Crippen molar-refractivity contribution < 1.29 is 9.59 Å². The highest BCUT2D eigenvalue weighted by molar-refractivity contribution is 5.95. The van der Waals surface area contributed by atoms with Crippen LogP contribution in [-0.2, 0) is 4.79 Å². The van der Waals surface area contributed by atoms with Crippen molar-refractivity contribution in [3.05, 3.63) is 35.9 Å². The fraction of sp³-hybridized carbons (Fsp3) is 0.579. The van der Waals surface area contributed by atoms with Crippen LogP contribution in [0.25, 0.3) is 0 Å². The molecular formula is C19H28N2O2. The van der Waals surface area contributed by atoms with Crippen LogP contribution >= 0.6 is 0 Å². The number of carbonyl (C=O) groups is 2. The molecule has 1 amide bonds. The number of rotatable bonds is 7. The molecule has 0 aromatic heterocycles. The number of unbranched alkanes of at least 4 members (excludes halogenated alkanes) is 1. The van der Waals surface area contributed by atoms with Gasteiger partial charge in [0.25, 0.3) is 0 Å². The van der Waals surface area contributed by atoms with Crippen LogP contribution in [0.5, 0.6) is 0 Å². The van der Waals surface area contributed by atoms with Crippen molar-refractivity contribution in [2.45, 2.75) is 45.1 Å². The number of Topliss-reactive ketones (excluding diaryl/α,β-unsaturated/α-hetero) is 1. The van der Waals surface area contributed by atoms with E-state index in [2.05, 4.69) is 24.2 Å². The Labute approximate surface area is 139 Å². The Kier molecular flexibility index (Phi) is 6.78. The first-order valence-corrected chi connectivity index (χ1v) is 8.62. The summed E-state index contributed by atoms with van der Waals surface area (Å²) in [4.78, 5) is 26.3. The lowest BCUT2D eigenvalue weighted by Gasteiger charge is -2.35. The Morgan fingerprint density at radius 1 is 1.17 bits per heavy atom. The smallest absolute Gasteiger partial charge is 0.220 e. The van der Waals surface area contributed by atoms with E-state index >= 15 is 0 Å². The second kappa shape index (κ2) is 8.82. The molecule has 1 heterocycles. The highest BCUT2D eigenvalue weighted by atomic mass is 16.1. The van der Waals surface area contributed by atoms with Gasteiger partial charge in [-0.25, -0.2) is 0 Å². The molecule has 0 unspecified atom stereocenters. The third-order valence-corrected chi connectivity index (χ3v) is 4.61. The number of nitrogens with zero attached hydrogens (tertiary/aromatic N) is 1. The fourth-order valence-corrected chi connectivity index (χ4v) is 3.19. The summed E-state index contributed by atoms with van der Waals surface area (Å²) in [5.74, 6) is 0.783. The first-order valence-electron chi connectivity index (χ1n) is 8.62. The third-order valence-electron chi connectivity index (χ3n) is 4.61. The second-order valence-electron chi connectivity index (χ2n) is 6.70. The maximum absolute atomic E-state index is 12.0. The number of nitrogens with one attached hydrogen (secondary N) is 1. The van der Waals surface area contributed by atoms with E-state index in [0.717, 1.165) is 37.9 Å². The van der Waals surface area contributed by atoms with Crippen molar-refractivity contribution in [1.82, 2.24) is 10.2 Å². The molecule has 1 saturated heterocycles. The van der Waals surface area contributed by atoms with E-state index in [-0.39, 0.29) is 11.7 Å². The lowest BCUT2D eigenvalue weighted by atomic mass is 9.94. The predicted molar refractivity (Wildman–Crippen MR) is 92.4 cm³/mol. The molecule has 1 fully saturated rings. The van der Waals surface area contributed by atoms with Gasteiger partial charge in [-0.15, -0.1) is 0 Å². The third kappa shape index (κ3) is 5.79. The average molecular weight is 316 g/mol. The number of carbonyl (C=O) groups excluding carboxylic acids is 2. The maximum atomic E-state index is 12.0. The largest absolute Gasteiger partial charge is 0.353 e. The normalized spacial score (nSPS) is 21.8. The Bertz CT molecular complexity index is 515. The summed E-state index contributed by atoms with van der Waals surface area (Å²) in [5.41, 5.74) is 0.761. The molecule has 4 heteroatoms. The van der Waals surface area contributed by atoms with Gasteiger partial charge in [-0.05, 0) is 38.8 Å². The van der Waals surface area contributed by atoms with Gasteiger partial charge in [-0.2, -0.15) is 0 Å². The van der Waals surface area contributed by atoms with Crippen LogP contribution in [0.1, 0.15) is 49.4 Å². The highest BCUT2D eigenvalue weighted by Gasteiger charge is 2.25. The standard InChI is InChI=1S/C19H28N2O2/c1-15-14-21(2)13-12-17(15)20-19(23)11-7-6-10-18(22)16-8-4-3-5-9-16/h3-5,8-9,15,17H,6-7,10-14H2,1-2H3,(H,20,23)/t15-,17+/m1/s1. The van der Waals surface area contributed by atoms with Crippen molar-refractivity contribution in [2.24, 2.45) is 5.92 Å². The Morgan fingerprint density at radius 3 is 2.57 bits per heavy atom. The zero-order valence-electron chi connectivity index (χ0n) is 14.3. The molecule has 1 aliphatic heterocycles. The summed E-state index contributed by atoms with van der Waals surface area (Å²) < 4.78 is 0. The molecule has 126 valence electrons. The van der Waals surface area contributed by atoms with Gasteiger partial charge in [-0.1, -0.05) is 37.3 Å². The number of benzene rings is 1. The number of likely N-dealkylation sites (tertiary alicyclic amines) is 1. The second-order valence-corrected chi connectivity index (χ2v) is 6.70. The van der Waals surface area contributed by atoms with Gasteiger partial charge in [0.05, 0.1) is 0 Å². The van der Waals surface area contributed by atoms with Crippen molar-refractivity contribution in [2.75, 3.05) is 20.1 Å². The van der Waals surface area contributed by atoms with E-state index in [9.17, 15) is 9.59 Å². The molecule has 23 heavy (non-hydrogen) atoms. The van der Waals surface area contributed by atoms with Crippen LogP contribution in [0.2, 0.25) is 0 Å². The highest BCUT2D eigenvalue weighted by Crippen LogP contribution is 2.16. The van der Waals surface area contributed by atoms with Crippen molar-refractivity contribution in [3.63, 3.8) is 0 Å². The van der Waals surface area contributed by atoms with E-state index in [1.54, 1.807) is 0 Å². The minimum absolute atomic E-state index is 0.124. The molecule has 1 aromatic carbocycles. The molecule has 1 N–H and O–H groups in total. The zero-order valence-corrected chi connectivity index (χ0v) is 14.3. The number of hydrogen-bond acceptors (Lipinski definition) is 3. The Balaban J connectivity index is 1.62. The van der Waals surface area contributed by atoms with Crippen LogP contribution in [0.15, 0.2) is 30.3 Å². The number of ketones is 1. The van der Waals surface area contributed by atoms with Crippen LogP contribution in [0.3, 0.4) is 0 Å². The van der Waals surface area contributed by atoms with Gasteiger partial charge in [-0.3, -0.25) is 9.59 Å². The molecule has 2 rings (SSSR count). The number of piperidine rings is 1. The SMILES string of the molecule is C[C@@H]1CN(C)CC[C@@H]1NC(=O)CCCCC(=O)c1ccccc1. The van der Waals surface area contributed by atoms with E-state index in [4.69, 9.17) is 0 Å². The molecule has 0 spiro atoms. The van der Waals surface area contributed by atoms with Gasteiger partial charge in [0, 0.05) is 31.0 Å². The van der Waals surface area contributed by atoms with Gasteiger partial charge in [0.15, 0.2) is 5.78 Å². The molecule has 0 bridgehead atoms. The summed E-state index contributed by atoms with van der Waals surface area (Å²) >= 11 is 0. The molecule has 4 nitrogen and oxygen atoms in total. The molecular weight excluding hydrogens is 288 g/mol. The number of hydrogen-bond donors (Lipinski definition) is 1. The van der Waals surface area contributed by atoms with E-state index < -0.39 is 0 Å². The van der Waals surface area contributed by atoms with Gasteiger partial charge in [0.1, 0.15) is 0 Å². The molecule has 1 aliphatic rings. The number of amides is 1. The Hall–Kier alpha value is -1.68. The minimum atomic E-state index is 0.124. The predicted octanol–water partition coefficient (Wildman–Crippen LogP) is 2.89. The lowest BCUT2D eigenvalue weighted by Crippen LogP contribution is -2.48. The summed E-state index contributed by atoms with van der Waals surface area (Å²) in [5, 5.41) is 3.16. The van der Waals surface area contributed by atoms with E-state index in [1.165, 1.54) is 0 Å². The summed E-state index contributed by atoms with van der Waals surface area (Å²) in [6, 6.07) is 9.65. The topological polar surface area (TPSA) is 49.4 Å². The molecule has 2 atom stereocenters. The van der Waals surface area contributed by atoms with Gasteiger partial charge in [0.2, 0.25) is 5.91 Å². The van der Waals surface area contributed by atoms with Crippen LogP contribution < -0.4 is 5.32 Å². The van der Waals surface area contributed by atoms with Crippen molar-refractivity contribution >= 4 is 11.7 Å². The zero-order chi connectivity index (χ0) is 16.7. The first-order chi connectivity index (χ1) is 11.1. The van der Waals surface area contributed by atoms with Crippen LogP contribution in [-0.4, -0.2) is 42.8 Å². The molecule has 1 aromatic rings. The monoisotopic (exact) mass is 316 g/mol. The average Bonchev–Trinajstić information content (AvgIpc) is 2.55. The van der Waals surface area contributed by atoms with Crippen molar-refractivity contribution in [1.29, 1.82) is 0 Å². The van der Waals surface area contributed by atoms with Crippen molar-refractivity contribution in [3.8, 4) is 0 Å².